The molecule has 106 valence electrons. The lowest BCUT2D eigenvalue weighted by atomic mass is 10.4. The molecule has 20 heavy (non-hydrogen) atoms. The summed E-state index contributed by atoms with van der Waals surface area (Å²) >= 11 is 4.21. The molecule has 2 aromatic heterocycles. The normalized spacial score (nSPS) is 10.5. The lowest BCUT2D eigenvalue weighted by molar-refractivity contribution is -0.117. The van der Waals surface area contributed by atoms with Crippen molar-refractivity contribution in [3.63, 3.8) is 0 Å². The molecule has 2 heterocycles. The largest absolute Gasteiger partial charge is 0.347 e. The Morgan fingerprint density at radius 2 is 2.15 bits per heavy atom. The van der Waals surface area contributed by atoms with E-state index in [2.05, 4.69) is 15.5 Å². The van der Waals surface area contributed by atoms with Crippen LogP contribution in [-0.2, 0) is 11.8 Å². The van der Waals surface area contributed by atoms with E-state index < -0.39 is 5.91 Å². The summed E-state index contributed by atoms with van der Waals surface area (Å²) in [4.78, 5) is 23.5. The van der Waals surface area contributed by atoms with Crippen LogP contribution in [0.5, 0.6) is 0 Å². The van der Waals surface area contributed by atoms with Gasteiger partial charge in [0.1, 0.15) is 5.69 Å². The molecule has 0 bridgehead atoms. The van der Waals surface area contributed by atoms with Crippen molar-refractivity contribution in [1.82, 2.24) is 20.1 Å². The molecule has 9 heteroatoms. The van der Waals surface area contributed by atoms with Gasteiger partial charge in [0.25, 0.3) is 5.91 Å². The van der Waals surface area contributed by atoms with E-state index in [0.717, 1.165) is 8.68 Å². The number of hydrogen-bond donors (Lipinski definition) is 1. The van der Waals surface area contributed by atoms with Crippen molar-refractivity contribution < 1.29 is 9.59 Å². The molecule has 0 atom stereocenters. The summed E-state index contributed by atoms with van der Waals surface area (Å²) < 4.78 is 3.23. The monoisotopic (exact) mass is 328 g/mol. The van der Waals surface area contributed by atoms with Crippen molar-refractivity contribution >= 4 is 46.7 Å². The Morgan fingerprint density at radius 3 is 2.75 bits per heavy atom. The second kappa shape index (κ2) is 6.91. The van der Waals surface area contributed by atoms with Crippen LogP contribution in [0.15, 0.2) is 27.0 Å². The maximum atomic E-state index is 11.8. The summed E-state index contributed by atoms with van der Waals surface area (Å²) in [5.41, 5.74) is 0.448. The van der Waals surface area contributed by atoms with Crippen LogP contribution in [0, 0.1) is 0 Å². The van der Waals surface area contributed by atoms with Gasteiger partial charge in [-0.25, -0.2) is 0 Å². The van der Waals surface area contributed by atoms with E-state index in [1.54, 1.807) is 29.9 Å². The fraction of sp³-hybridized carbons (Fsp3) is 0.273. The Labute approximate surface area is 128 Å². The van der Waals surface area contributed by atoms with Crippen LogP contribution in [0.3, 0.4) is 0 Å². The molecule has 0 aliphatic carbocycles. The molecule has 6 nitrogen and oxygen atoms in total. The van der Waals surface area contributed by atoms with Gasteiger partial charge in [0, 0.05) is 13.2 Å². The van der Waals surface area contributed by atoms with Crippen LogP contribution >= 0.6 is 34.9 Å². The lowest BCUT2D eigenvalue weighted by Crippen LogP contribution is -2.32. The maximum Gasteiger partial charge on any atom is 0.274 e. The first-order valence-corrected chi connectivity index (χ1v) is 8.58. The summed E-state index contributed by atoms with van der Waals surface area (Å²) in [6.45, 7) is 0. The van der Waals surface area contributed by atoms with Crippen LogP contribution < -0.4 is 5.32 Å². The van der Waals surface area contributed by atoms with E-state index in [0.29, 0.717) is 5.69 Å². The topological polar surface area (TPSA) is 76.9 Å². The Morgan fingerprint density at radius 1 is 1.40 bits per heavy atom. The predicted molar refractivity (Wildman–Crippen MR) is 80.3 cm³/mol. The van der Waals surface area contributed by atoms with Crippen molar-refractivity contribution in [2.45, 2.75) is 8.68 Å². The van der Waals surface area contributed by atoms with Crippen molar-refractivity contribution in [3.8, 4) is 0 Å². The number of amides is 2. The molecule has 0 saturated heterocycles. The molecule has 0 aliphatic heterocycles. The van der Waals surface area contributed by atoms with Crippen LogP contribution in [0.1, 0.15) is 10.5 Å². The van der Waals surface area contributed by atoms with Gasteiger partial charge >= 0.3 is 0 Å². The third-order valence-corrected chi connectivity index (χ3v) is 5.35. The SMILES string of the molecule is CSc1nnc(SCC(=O)NC(=O)c2cccn2C)s1. The van der Waals surface area contributed by atoms with Crippen molar-refractivity contribution in [2.75, 3.05) is 12.0 Å². The van der Waals surface area contributed by atoms with Gasteiger partial charge in [0.15, 0.2) is 8.68 Å². The maximum absolute atomic E-state index is 11.8. The minimum Gasteiger partial charge on any atom is -0.347 e. The number of carbonyl (C=O) groups excluding carboxylic acids is 2. The van der Waals surface area contributed by atoms with Gasteiger partial charge < -0.3 is 4.57 Å². The smallest absolute Gasteiger partial charge is 0.274 e. The molecule has 2 rings (SSSR count). The van der Waals surface area contributed by atoms with Crippen LogP contribution in [0.4, 0.5) is 0 Å². The van der Waals surface area contributed by atoms with Gasteiger partial charge in [0.05, 0.1) is 5.75 Å². The first kappa shape index (κ1) is 15.1. The number of thioether (sulfide) groups is 2. The highest BCUT2D eigenvalue weighted by molar-refractivity contribution is 8.03. The highest BCUT2D eigenvalue weighted by Crippen LogP contribution is 2.26. The average Bonchev–Trinajstić information content (AvgIpc) is 3.04. The average molecular weight is 328 g/mol. The van der Waals surface area contributed by atoms with E-state index in [4.69, 9.17) is 0 Å². The molecule has 1 N–H and O–H groups in total. The quantitative estimate of drug-likeness (QED) is 0.841. The van der Waals surface area contributed by atoms with Gasteiger partial charge in [0.2, 0.25) is 5.91 Å². The number of aromatic nitrogens is 3. The van der Waals surface area contributed by atoms with Gasteiger partial charge in [-0.2, -0.15) is 0 Å². The number of carbonyl (C=O) groups is 2. The Balaban J connectivity index is 1.84. The third-order valence-electron chi connectivity index (χ3n) is 2.32. The second-order valence-electron chi connectivity index (χ2n) is 3.71. The van der Waals surface area contributed by atoms with Crippen LogP contribution in [0.25, 0.3) is 0 Å². The zero-order chi connectivity index (χ0) is 14.5. The molecule has 0 spiro atoms. The highest BCUT2D eigenvalue weighted by atomic mass is 32.2. The van der Waals surface area contributed by atoms with Gasteiger partial charge in [-0.1, -0.05) is 34.9 Å². The number of aryl methyl sites for hydroxylation is 1. The van der Waals surface area contributed by atoms with E-state index in [9.17, 15) is 9.59 Å². The Bertz CT molecular complexity index is 623. The molecule has 0 radical (unpaired) electrons. The molecule has 0 unspecified atom stereocenters. The van der Waals surface area contributed by atoms with Crippen LogP contribution in [-0.4, -0.2) is 38.6 Å². The number of imide groups is 1. The van der Waals surface area contributed by atoms with Gasteiger partial charge in [-0.15, -0.1) is 10.2 Å². The minimum absolute atomic E-state index is 0.138. The summed E-state index contributed by atoms with van der Waals surface area (Å²) in [5, 5.41) is 10.2. The predicted octanol–water partition coefficient (Wildman–Crippen LogP) is 1.65. The van der Waals surface area contributed by atoms with E-state index in [-0.39, 0.29) is 11.7 Å². The summed E-state index contributed by atoms with van der Waals surface area (Å²) in [5.74, 6) is -0.605. The standard InChI is InChI=1S/C11H12N4O2S3/c1-15-5-3-4-7(15)9(17)12-8(16)6-19-11-14-13-10(18-2)20-11/h3-5H,6H2,1-2H3,(H,12,16,17). The molecular weight excluding hydrogens is 316 g/mol. The third kappa shape index (κ3) is 3.84. The van der Waals surface area contributed by atoms with Crippen molar-refractivity contribution in [1.29, 1.82) is 0 Å². The molecule has 0 aliphatic rings. The van der Waals surface area contributed by atoms with E-state index in [1.165, 1.54) is 34.9 Å². The fourth-order valence-corrected chi connectivity index (χ4v) is 3.63. The number of nitrogens with one attached hydrogen (secondary N) is 1. The van der Waals surface area contributed by atoms with Crippen molar-refractivity contribution in [3.05, 3.63) is 24.0 Å². The zero-order valence-corrected chi connectivity index (χ0v) is 13.3. The number of hydrogen-bond acceptors (Lipinski definition) is 7. The first-order valence-electron chi connectivity index (χ1n) is 5.56. The van der Waals surface area contributed by atoms with E-state index >= 15 is 0 Å². The number of nitrogens with zero attached hydrogens (tertiary/aromatic N) is 3. The van der Waals surface area contributed by atoms with Gasteiger partial charge in [-0.05, 0) is 18.4 Å². The minimum atomic E-state index is -0.398. The molecular formula is C11H12N4O2S3. The molecule has 0 saturated carbocycles. The lowest BCUT2D eigenvalue weighted by Gasteiger charge is -2.04. The zero-order valence-electron chi connectivity index (χ0n) is 10.8. The number of rotatable bonds is 5. The molecule has 0 fully saturated rings. The summed E-state index contributed by atoms with van der Waals surface area (Å²) in [6, 6.07) is 3.41. The summed E-state index contributed by atoms with van der Waals surface area (Å²) in [7, 11) is 1.75. The van der Waals surface area contributed by atoms with E-state index in [1.807, 2.05) is 6.26 Å². The van der Waals surface area contributed by atoms with Gasteiger partial charge in [-0.3, -0.25) is 14.9 Å². The van der Waals surface area contributed by atoms with Crippen LogP contribution in [0.2, 0.25) is 0 Å². The molecule has 2 aromatic rings. The highest BCUT2D eigenvalue weighted by Gasteiger charge is 2.14. The molecule has 2 amide bonds. The van der Waals surface area contributed by atoms with Crippen molar-refractivity contribution in [2.24, 2.45) is 7.05 Å². The molecule has 0 aromatic carbocycles. The fourth-order valence-electron chi connectivity index (χ4n) is 1.39. The Kier molecular flexibility index (Phi) is 5.21. The summed E-state index contributed by atoms with van der Waals surface area (Å²) in [6.07, 6.45) is 3.67. The second-order valence-corrected chi connectivity index (χ2v) is 6.96. The Hall–Kier alpha value is -1.32. The first-order chi connectivity index (χ1) is 9.60.